The molecule has 0 amide bonds. The van der Waals surface area contributed by atoms with Crippen LogP contribution in [0.3, 0.4) is 0 Å². The molecule has 1 aliphatic rings. The van der Waals surface area contributed by atoms with E-state index in [9.17, 15) is 9.59 Å². The molecular weight excluding hydrogens is 228 g/mol. The van der Waals surface area contributed by atoms with Crippen LogP contribution in [0.4, 0.5) is 5.82 Å². The second-order valence-corrected chi connectivity index (χ2v) is 3.90. The van der Waals surface area contributed by atoms with Crippen molar-refractivity contribution in [2.75, 3.05) is 32.2 Å². The number of aromatic amines is 2. The lowest BCUT2D eigenvalue weighted by Gasteiger charge is -2.25. The van der Waals surface area contributed by atoms with Crippen LogP contribution < -0.4 is 16.6 Å². The normalized spacial score (nSPS) is 23.8. The molecule has 0 saturated carbocycles. The van der Waals surface area contributed by atoms with Crippen molar-refractivity contribution in [1.82, 2.24) is 15.2 Å². The molecule has 1 aromatic rings. The monoisotopic (exact) mass is 242 g/mol. The van der Waals surface area contributed by atoms with Crippen molar-refractivity contribution < 1.29 is 9.47 Å². The predicted octanol–water partition coefficient (Wildman–Crippen LogP) is -1.32. The van der Waals surface area contributed by atoms with Gasteiger partial charge in [0.05, 0.1) is 6.61 Å². The Balaban J connectivity index is 2.06. The third-order valence-electron chi connectivity index (χ3n) is 2.79. The molecule has 0 aliphatic carbocycles. The zero-order valence-electron chi connectivity index (χ0n) is 9.41. The molecule has 0 bridgehead atoms. The first-order valence-corrected chi connectivity index (χ1v) is 5.21. The maximum absolute atomic E-state index is 11.4. The van der Waals surface area contributed by atoms with E-state index in [-0.39, 0.29) is 5.82 Å². The Morgan fingerprint density at radius 2 is 2.41 bits per heavy atom. The van der Waals surface area contributed by atoms with Crippen LogP contribution in [0.2, 0.25) is 0 Å². The highest BCUT2D eigenvalue weighted by molar-refractivity contribution is 5.29. The van der Waals surface area contributed by atoms with Crippen LogP contribution in [-0.2, 0) is 9.47 Å². The summed E-state index contributed by atoms with van der Waals surface area (Å²) in [6.45, 7) is 1.49. The second-order valence-electron chi connectivity index (χ2n) is 3.90. The van der Waals surface area contributed by atoms with Crippen molar-refractivity contribution in [3.05, 3.63) is 20.8 Å². The molecule has 0 spiro atoms. The highest BCUT2D eigenvalue weighted by atomic mass is 16.5. The molecule has 17 heavy (non-hydrogen) atoms. The summed E-state index contributed by atoms with van der Waals surface area (Å²) in [7, 11) is 1.60. The molecule has 2 heterocycles. The lowest BCUT2D eigenvalue weighted by atomic mass is 10.0. The van der Waals surface area contributed by atoms with E-state index in [0.717, 1.165) is 6.42 Å². The summed E-state index contributed by atoms with van der Waals surface area (Å²) < 4.78 is 10.6. The topological polar surface area (TPSA) is 109 Å². The Kier molecular flexibility index (Phi) is 3.25. The van der Waals surface area contributed by atoms with Gasteiger partial charge in [-0.1, -0.05) is 0 Å². The Morgan fingerprint density at radius 1 is 1.59 bits per heavy atom. The van der Waals surface area contributed by atoms with Gasteiger partial charge in [-0.05, 0) is 0 Å². The molecular formula is C9H14N4O4. The van der Waals surface area contributed by atoms with E-state index >= 15 is 0 Å². The number of nitrogens with one attached hydrogen (secondary N) is 3. The molecule has 0 radical (unpaired) electrons. The van der Waals surface area contributed by atoms with Crippen LogP contribution in [0.15, 0.2) is 9.59 Å². The lowest BCUT2D eigenvalue weighted by Crippen LogP contribution is -2.41. The Morgan fingerprint density at radius 3 is 3.00 bits per heavy atom. The third-order valence-corrected chi connectivity index (χ3v) is 2.79. The Hall–Kier alpha value is -1.67. The summed E-state index contributed by atoms with van der Waals surface area (Å²) >= 11 is 0. The van der Waals surface area contributed by atoms with Gasteiger partial charge in [0.2, 0.25) is 5.82 Å². The molecule has 8 heteroatoms. The Bertz CT molecular complexity index is 488. The first kappa shape index (κ1) is 11.8. The molecule has 1 fully saturated rings. The highest BCUT2D eigenvalue weighted by Crippen LogP contribution is 2.22. The van der Waals surface area contributed by atoms with Gasteiger partial charge in [0.1, 0.15) is 5.60 Å². The Labute approximate surface area is 96.3 Å². The number of H-pyrrole nitrogens is 2. The fourth-order valence-corrected chi connectivity index (χ4v) is 1.67. The number of nitrogens with zero attached hydrogens (tertiary/aromatic N) is 1. The molecule has 0 aromatic carbocycles. The van der Waals surface area contributed by atoms with Gasteiger partial charge in [-0.3, -0.25) is 9.78 Å². The van der Waals surface area contributed by atoms with E-state index in [4.69, 9.17) is 9.47 Å². The van der Waals surface area contributed by atoms with Crippen LogP contribution in [0.25, 0.3) is 0 Å². The van der Waals surface area contributed by atoms with Crippen molar-refractivity contribution in [2.45, 2.75) is 12.0 Å². The van der Waals surface area contributed by atoms with Crippen molar-refractivity contribution in [3.63, 3.8) is 0 Å². The lowest BCUT2D eigenvalue weighted by molar-refractivity contribution is -0.00628. The first-order valence-electron chi connectivity index (χ1n) is 5.21. The van der Waals surface area contributed by atoms with Crippen molar-refractivity contribution in [3.8, 4) is 0 Å². The molecule has 2 rings (SSSR count). The van der Waals surface area contributed by atoms with E-state index in [1.807, 2.05) is 0 Å². The van der Waals surface area contributed by atoms with Gasteiger partial charge < -0.3 is 14.8 Å². The number of anilines is 1. The van der Waals surface area contributed by atoms with Gasteiger partial charge in [0.15, 0.2) is 0 Å². The van der Waals surface area contributed by atoms with E-state index in [1.165, 1.54) is 0 Å². The van der Waals surface area contributed by atoms with Gasteiger partial charge in [0.25, 0.3) is 5.56 Å². The predicted molar refractivity (Wildman–Crippen MR) is 59.1 cm³/mol. The number of rotatable bonds is 4. The molecule has 3 N–H and O–H groups in total. The summed E-state index contributed by atoms with van der Waals surface area (Å²) in [5, 5.41) is 8.61. The minimum absolute atomic E-state index is 0.0629. The van der Waals surface area contributed by atoms with E-state index < -0.39 is 16.9 Å². The maximum atomic E-state index is 11.4. The number of hydrogen-bond acceptors (Lipinski definition) is 6. The minimum atomic E-state index is -0.633. The van der Waals surface area contributed by atoms with E-state index in [0.29, 0.717) is 19.8 Å². The summed E-state index contributed by atoms with van der Waals surface area (Å²) in [6.07, 6.45) is 0.748. The number of aromatic nitrogens is 3. The quantitative estimate of drug-likeness (QED) is 0.604. The van der Waals surface area contributed by atoms with E-state index in [1.54, 1.807) is 7.11 Å². The number of hydrogen-bond donors (Lipinski definition) is 3. The van der Waals surface area contributed by atoms with Crippen LogP contribution >= 0.6 is 0 Å². The highest BCUT2D eigenvalue weighted by Gasteiger charge is 2.35. The smallest absolute Gasteiger partial charge is 0.342 e. The molecule has 8 nitrogen and oxygen atoms in total. The standard InChI is InChI=1S/C9H14N4O4/c1-16-9(2-3-17-5-9)4-10-6-7(14)11-8(15)13-12-6/h2-5H2,1H3,(H,10,12)(H2,11,13,14,15). The average molecular weight is 242 g/mol. The van der Waals surface area contributed by atoms with Gasteiger partial charge >= 0.3 is 5.69 Å². The van der Waals surface area contributed by atoms with Crippen LogP contribution in [0, 0.1) is 0 Å². The van der Waals surface area contributed by atoms with Crippen molar-refractivity contribution in [1.29, 1.82) is 0 Å². The van der Waals surface area contributed by atoms with Crippen molar-refractivity contribution in [2.24, 2.45) is 0 Å². The third kappa shape index (κ3) is 2.53. The minimum Gasteiger partial charge on any atom is -0.378 e. The number of ether oxygens (including phenoxy) is 2. The van der Waals surface area contributed by atoms with Gasteiger partial charge in [0, 0.05) is 26.7 Å². The van der Waals surface area contributed by atoms with Gasteiger partial charge in [-0.15, -0.1) is 5.10 Å². The second kappa shape index (κ2) is 4.68. The zero-order valence-corrected chi connectivity index (χ0v) is 9.41. The van der Waals surface area contributed by atoms with Crippen LogP contribution in [-0.4, -0.2) is 47.7 Å². The molecule has 1 aliphatic heterocycles. The molecule has 1 unspecified atom stereocenters. The number of methoxy groups -OCH3 is 1. The molecule has 94 valence electrons. The SMILES string of the molecule is COC1(CNc2n[nH]c(=O)[nH]c2=O)CCOC1. The first-order chi connectivity index (χ1) is 8.15. The largest absolute Gasteiger partial charge is 0.378 e. The summed E-state index contributed by atoms with van der Waals surface area (Å²) in [5.74, 6) is 0.0629. The molecule has 1 saturated heterocycles. The van der Waals surface area contributed by atoms with Crippen molar-refractivity contribution >= 4 is 5.82 Å². The van der Waals surface area contributed by atoms with Crippen LogP contribution in [0.1, 0.15) is 6.42 Å². The fourth-order valence-electron chi connectivity index (χ4n) is 1.67. The fraction of sp³-hybridized carbons (Fsp3) is 0.667. The summed E-state index contributed by atoms with van der Waals surface area (Å²) in [6, 6.07) is 0. The van der Waals surface area contributed by atoms with Gasteiger partial charge in [-0.25, -0.2) is 9.89 Å². The molecule has 1 aromatic heterocycles. The van der Waals surface area contributed by atoms with Crippen LogP contribution in [0.5, 0.6) is 0 Å². The summed E-state index contributed by atoms with van der Waals surface area (Å²) in [4.78, 5) is 24.2. The van der Waals surface area contributed by atoms with E-state index in [2.05, 4.69) is 20.5 Å². The molecule has 1 atom stereocenters. The summed E-state index contributed by atoms with van der Waals surface area (Å²) in [5.41, 5.74) is -1.63. The van der Waals surface area contributed by atoms with Gasteiger partial charge in [-0.2, -0.15) is 0 Å². The maximum Gasteiger partial charge on any atom is 0.342 e. The average Bonchev–Trinajstić information content (AvgIpc) is 2.77. The zero-order chi connectivity index (χ0) is 12.3.